The van der Waals surface area contributed by atoms with Crippen LogP contribution in [-0.4, -0.2) is 32.8 Å². The van der Waals surface area contributed by atoms with E-state index in [1.807, 2.05) is 0 Å². The number of nitrogens with one attached hydrogen (secondary N) is 1. The van der Waals surface area contributed by atoms with E-state index < -0.39 is 9.84 Å². The van der Waals surface area contributed by atoms with Gasteiger partial charge in [0, 0.05) is 18.5 Å². The molecule has 1 N–H and O–H groups in total. The molecular formula is C14H15FN2O3S. The molecule has 0 atom stereocenters. The van der Waals surface area contributed by atoms with E-state index >= 15 is 0 Å². The highest BCUT2D eigenvalue weighted by Gasteiger charge is 2.13. The SMILES string of the molecule is CS(=O)(=O)c1cccnc1NCCOc1cccc(F)c1. The van der Waals surface area contributed by atoms with Crippen LogP contribution in [0.25, 0.3) is 0 Å². The lowest BCUT2D eigenvalue weighted by Gasteiger charge is -2.10. The first kappa shape index (κ1) is 15.2. The van der Waals surface area contributed by atoms with Crippen LogP contribution in [0.2, 0.25) is 0 Å². The maximum absolute atomic E-state index is 13.0. The van der Waals surface area contributed by atoms with Crippen molar-refractivity contribution < 1.29 is 17.5 Å². The summed E-state index contributed by atoms with van der Waals surface area (Å²) in [5, 5.41) is 2.90. The van der Waals surface area contributed by atoms with Crippen LogP contribution in [0.3, 0.4) is 0 Å². The van der Waals surface area contributed by atoms with Gasteiger partial charge in [-0.05, 0) is 24.3 Å². The fourth-order valence-corrected chi connectivity index (χ4v) is 2.52. The lowest BCUT2D eigenvalue weighted by molar-refractivity contribution is 0.331. The number of rotatable bonds is 6. The maximum atomic E-state index is 13.0. The fraction of sp³-hybridized carbons (Fsp3) is 0.214. The number of anilines is 1. The molecule has 0 unspecified atom stereocenters. The Hall–Kier alpha value is -2.15. The standard InChI is InChI=1S/C14H15FN2O3S/c1-21(18,19)13-6-3-7-16-14(13)17-8-9-20-12-5-2-4-11(15)10-12/h2-7,10H,8-9H2,1H3,(H,16,17). The molecule has 0 aliphatic carbocycles. The molecule has 2 rings (SSSR count). The lowest BCUT2D eigenvalue weighted by atomic mass is 10.3. The first-order valence-corrected chi connectivity index (χ1v) is 8.13. The second-order valence-electron chi connectivity index (χ2n) is 4.35. The molecule has 0 aliphatic rings. The number of ether oxygens (including phenoxy) is 1. The molecule has 7 heteroatoms. The van der Waals surface area contributed by atoms with E-state index in [4.69, 9.17) is 4.74 Å². The molecule has 0 saturated carbocycles. The summed E-state index contributed by atoms with van der Waals surface area (Å²) in [6.07, 6.45) is 2.63. The van der Waals surface area contributed by atoms with Gasteiger partial charge in [0.15, 0.2) is 9.84 Å². The molecule has 1 heterocycles. The monoisotopic (exact) mass is 310 g/mol. The van der Waals surface area contributed by atoms with Gasteiger partial charge in [-0.25, -0.2) is 17.8 Å². The fourth-order valence-electron chi connectivity index (χ4n) is 1.72. The molecule has 2 aromatic rings. The molecule has 0 saturated heterocycles. The smallest absolute Gasteiger partial charge is 0.179 e. The van der Waals surface area contributed by atoms with E-state index in [9.17, 15) is 12.8 Å². The quantitative estimate of drug-likeness (QED) is 0.828. The van der Waals surface area contributed by atoms with Gasteiger partial charge in [-0.3, -0.25) is 0 Å². The summed E-state index contributed by atoms with van der Waals surface area (Å²) in [6.45, 7) is 0.597. The molecular weight excluding hydrogens is 295 g/mol. The average Bonchev–Trinajstić information content (AvgIpc) is 2.43. The normalized spacial score (nSPS) is 11.1. The van der Waals surface area contributed by atoms with Gasteiger partial charge in [-0.15, -0.1) is 0 Å². The highest BCUT2D eigenvalue weighted by Crippen LogP contribution is 2.17. The van der Waals surface area contributed by atoms with Crippen molar-refractivity contribution in [2.75, 3.05) is 24.7 Å². The van der Waals surface area contributed by atoms with Gasteiger partial charge < -0.3 is 10.1 Å². The summed E-state index contributed by atoms with van der Waals surface area (Å²) in [7, 11) is -3.34. The van der Waals surface area contributed by atoms with Crippen molar-refractivity contribution in [3.63, 3.8) is 0 Å². The van der Waals surface area contributed by atoms with Crippen molar-refractivity contribution >= 4 is 15.7 Å². The van der Waals surface area contributed by atoms with Crippen molar-refractivity contribution in [3.05, 3.63) is 48.4 Å². The molecule has 112 valence electrons. The van der Waals surface area contributed by atoms with Crippen molar-refractivity contribution in [1.82, 2.24) is 4.98 Å². The van der Waals surface area contributed by atoms with E-state index in [0.29, 0.717) is 12.3 Å². The Labute approximate surface area is 122 Å². The van der Waals surface area contributed by atoms with Crippen LogP contribution < -0.4 is 10.1 Å². The zero-order valence-electron chi connectivity index (χ0n) is 11.4. The third-order valence-electron chi connectivity index (χ3n) is 2.63. The molecule has 21 heavy (non-hydrogen) atoms. The molecule has 1 aromatic carbocycles. The number of sulfone groups is 1. The van der Waals surface area contributed by atoms with E-state index in [1.54, 1.807) is 18.2 Å². The Bertz CT molecular complexity index is 720. The van der Waals surface area contributed by atoms with Crippen LogP contribution in [0, 0.1) is 5.82 Å². The van der Waals surface area contributed by atoms with Crippen LogP contribution >= 0.6 is 0 Å². The molecule has 0 fully saturated rings. The van der Waals surface area contributed by atoms with E-state index in [1.165, 1.54) is 24.4 Å². The summed E-state index contributed by atoms with van der Waals surface area (Å²) in [5.74, 6) is 0.327. The molecule has 5 nitrogen and oxygen atoms in total. The second kappa shape index (κ2) is 6.53. The number of benzene rings is 1. The van der Waals surface area contributed by atoms with E-state index in [2.05, 4.69) is 10.3 Å². The average molecular weight is 310 g/mol. The lowest BCUT2D eigenvalue weighted by Crippen LogP contribution is -2.14. The van der Waals surface area contributed by atoms with Gasteiger partial charge in [0.05, 0.1) is 6.54 Å². The van der Waals surface area contributed by atoms with Gasteiger partial charge in [0.1, 0.15) is 28.9 Å². The molecule has 1 aromatic heterocycles. The minimum Gasteiger partial charge on any atom is -0.492 e. The summed E-state index contributed by atoms with van der Waals surface area (Å²) in [6, 6.07) is 8.85. The van der Waals surface area contributed by atoms with Crippen LogP contribution in [-0.2, 0) is 9.84 Å². The van der Waals surface area contributed by atoms with Gasteiger partial charge in [-0.1, -0.05) is 6.07 Å². The highest BCUT2D eigenvalue weighted by atomic mass is 32.2. The minimum atomic E-state index is -3.34. The third kappa shape index (κ3) is 4.42. The van der Waals surface area contributed by atoms with Gasteiger partial charge >= 0.3 is 0 Å². The zero-order valence-corrected chi connectivity index (χ0v) is 12.2. The minimum absolute atomic E-state index is 0.135. The molecule has 0 amide bonds. The predicted octanol–water partition coefficient (Wildman–Crippen LogP) is 2.12. The van der Waals surface area contributed by atoms with Crippen LogP contribution in [0.5, 0.6) is 5.75 Å². The Balaban J connectivity index is 1.93. The molecule has 0 bridgehead atoms. The molecule has 0 radical (unpaired) electrons. The number of nitrogens with zero attached hydrogens (tertiary/aromatic N) is 1. The Kier molecular flexibility index (Phi) is 4.74. The summed E-state index contributed by atoms with van der Waals surface area (Å²) < 4.78 is 41.5. The van der Waals surface area contributed by atoms with Crippen LogP contribution in [0.15, 0.2) is 47.5 Å². The number of halogens is 1. The first-order chi connectivity index (χ1) is 9.97. The van der Waals surface area contributed by atoms with Crippen LogP contribution in [0.1, 0.15) is 0 Å². The number of pyridine rings is 1. The van der Waals surface area contributed by atoms with Crippen molar-refractivity contribution in [1.29, 1.82) is 0 Å². The third-order valence-corrected chi connectivity index (χ3v) is 3.76. The number of hydrogen-bond donors (Lipinski definition) is 1. The Morgan fingerprint density at radius 2 is 2.10 bits per heavy atom. The number of aromatic nitrogens is 1. The topological polar surface area (TPSA) is 68.3 Å². The van der Waals surface area contributed by atoms with E-state index in [-0.39, 0.29) is 23.1 Å². The Morgan fingerprint density at radius 3 is 2.81 bits per heavy atom. The summed E-state index contributed by atoms with van der Waals surface area (Å²) in [5.41, 5.74) is 0. The highest BCUT2D eigenvalue weighted by molar-refractivity contribution is 7.90. The molecule has 0 spiro atoms. The van der Waals surface area contributed by atoms with Gasteiger partial charge in [0.2, 0.25) is 0 Å². The van der Waals surface area contributed by atoms with Crippen molar-refractivity contribution in [2.24, 2.45) is 0 Å². The van der Waals surface area contributed by atoms with E-state index in [0.717, 1.165) is 6.26 Å². The Morgan fingerprint density at radius 1 is 1.29 bits per heavy atom. The van der Waals surface area contributed by atoms with Gasteiger partial charge in [0.25, 0.3) is 0 Å². The predicted molar refractivity (Wildman–Crippen MR) is 77.7 cm³/mol. The van der Waals surface area contributed by atoms with Crippen LogP contribution in [0.4, 0.5) is 10.2 Å². The molecule has 0 aliphatic heterocycles. The zero-order chi connectivity index (χ0) is 15.3. The van der Waals surface area contributed by atoms with Crippen molar-refractivity contribution in [3.8, 4) is 5.75 Å². The first-order valence-electron chi connectivity index (χ1n) is 6.24. The second-order valence-corrected chi connectivity index (χ2v) is 6.34. The largest absolute Gasteiger partial charge is 0.492 e. The van der Waals surface area contributed by atoms with Gasteiger partial charge in [-0.2, -0.15) is 0 Å². The maximum Gasteiger partial charge on any atom is 0.179 e. The summed E-state index contributed by atoms with van der Waals surface area (Å²) >= 11 is 0. The number of hydrogen-bond acceptors (Lipinski definition) is 5. The summed E-state index contributed by atoms with van der Waals surface area (Å²) in [4.78, 5) is 4.13. The van der Waals surface area contributed by atoms with Crippen molar-refractivity contribution in [2.45, 2.75) is 4.90 Å².